The lowest BCUT2D eigenvalue weighted by atomic mass is 10.1. The summed E-state index contributed by atoms with van der Waals surface area (Å²) in [6, 6.07) is 18.2. The second kappa shape index (κ2) is 5.85. The first-order chi connectivity index (χ1) is 10.7. The van der Waals surface area contributed by atoms with E-state index in [9.17, 15) is 9.18 Å². The van der Waals surface area contributed by atoms with Crippen molar-refractivity contribution < 1.29 is 9.18 Å². The van der Waals surface area contributed by atoms with Crippen LogP contribution in [0.15, 0.2) is 60.7 Å². The standard InChI is InChI=1S/C18H13FN2O/c1-12(22)16-15(19)17(13-8-4-2-5-9-13)21-18(20-16)14-10-6-3-7-11-14/h2-11H,1H3. The maximum atomic E-state index is 14.6. The van der Waals surface area contributed by atoms with Gasteiger partial charge in [-0.05, 0) is 0 Å². The van der Waals surface area contributed by atoms with E-state index >= 15 is 0 Å². The smallest absolute Gasteiger partial charge is 0.181 e. The molecule has 0 unspecified atom stereocenters. The average molecular weight is 292 g/mol. The van der Waals surface area contributed by atoms with E-state index in [0.29, 0.717) is 11.4 Å². The molecular weight excluding hydrogens is 279 g/mol. The van der Waals surface area contributed by atoms with Crippen molar-refractivity contribution in [2.75, 3.05) is 0 Å². The zero-order chi connectivity index (χ0) is 15.5. The molecule has 4 heteroatoms. The number of Topliss-reactive ketones (excluding diaryl/α,β-unsaturated/α-hetero) is 1. The summed E-state index contributed by atoms with van der Waals surface area (Å²) < 4.78 is 14.6. The topological polar surface area (TPSA) is 42.9 Å². The second-order valence-electron chi connectivity index (χ2n) is 4.85. The molecule has 22 heavy (non-hydrogen) atoms. The highest BCUT2D eigenvalue weighted by atomic mass is 19.1. The maximum absolute atomic E-state index is 14.6. The number of carbonyl (C=O) groups is 1. The van der Waals surface area contributed by atoms with Gasteiger partial charge in [0, 0.05) is 18.1 Å². The molecule has 0 aliphatic carbocycles. The predicted molar refractivity (Wildman–Crippen MR) is 82.9 cm³/mol. The van der Waals surface area contributed by atoms with E-state index in [2.05, 4.69) is 9.97 Å². The molecular formula is C18H13FN2O. The third-order valence-electron chi connectivity index (χ3n) is 3.26. The van der Waals surface area contributed by atoms with Crippen molar-refractivity contribution in [3.63, 3.8) is 0 Å². The van der Waals surface area contributed by atoms with Gasteiger partial charge in [0.1, 0.15) is 11.4 Å². The zero-order valence-corrected chi connectivity index (χ0v) is 12.0. The molecule has 0 aliphatic heterocycles. The Hall–Kier alpha value is -2.88. The Kier molecular flexibility index (Phi) is 3.74. The van der Waals surface area contributed by atoms with Gasteiger partial charge in [-0.1, -0.05) is 60.7 Å². The third kappa shape index (κ3) is 2.63. The number of hydrogen-bond acceptors (Lipinski definition) is 3. The van der Waals surface area contributed by atoms with E-state index in [-0.39, 0.29) is 11.4 Å². The molecule has 0 saturated heterocycles. The Morgan fingerprint density at radius 1 is 0.864 bits per heavy atom. The van der Waals surface area contributed by atoms with Crippen LogP contribution in [-0.2, 0) is 0 Å². The fourth-order valence-electron chi connectivity index (χ4n) is 2.18. The Labute approximate surface area is 127 Å². The maximum Gasteiger partial charge on any atom is 0.181 e. The van der Waals surface area contributed by atoms with Gasteiger partial charge < -0.3 is 0 Å². The Balaban J connectivity index is 2.26. The molecule has 3 nitrogen and oxygen atoms in total. The molecule has 0 radical (unpaired) electrons. The fraction of sp³-hybridized carbons (Fsp3) is 0.0556. The highest BCUT2D eigenvalue weighted by Crippen LogP contribution is 2.26. The van der Waals surface area contributed by atoms with E-state index < -0.39 is 11.6 Å². The number of rotatable bonds is 3. The number of hydrogen-bond donors (Lipinski definition) is 0. The lowest BCUT2D eigenvalue weighted by Crippen LogP contribution is -2.07. The van der Waals surface area contributed by atoms with Crippen molar-refractivity contribution in [2.45, 2.75) is 6.92 Å². The van der Waals surface area contributed by atoms with Crippen LogP contribution >= 0.6 is 0 Å². The van der Waals surface area contributed by atoms with Crippen LogP contribution in [0.25, 0.3) is 22.6 Å². The molecule has 0 amide bonds. The minimum absolute atomic E-state index is 0.139. The molecule has 1 aromatic heterocycles. The Morgan fingerprint density at radius 3 is 1.95 bits per heavy atom. The van der Waals surface area contributed by atoms with E-state index in [0.717, 1.165) is 5.56 Å². The van der Waals surface area contributed by atoms with Gasteiger partial charge in [0.05, 0.1) is 0 Å². The van der Waals surface area contributed by atoms with Gasteiger partial charge in [0.15, 0.2) is 17.4 Å². The molecule has 3 aromatic rings. The monoisotopic (exact) mass is 292 g/mol. The number of benzene rings is 2. The van der Waals surface area contributed by atoms with Crippen molar-refractivity contribution >= 4 is 5.78 Å². The summed E-state index contributed by atoms with van der Waals surface area (Å²) in [4.78, 5) is 20.1. The third-order valence-corrected chi connectivity index (χ3v) is 3.26. The van der Waals surface area contributed by atoms with Crippen LogP contribution in [0.5, 0.6) is 0 Å². The van der Waals surface area contributed by atoms with E-state index in [1.807, 2.05) is 36.4 Å². The molecule has 0 N–H and O–H groups in total. The number of nitrogens with zero attached hydrogens (tertiary/aromatic N) is 2. The first-order valence-corrected chi connectivity index (χ1v) is 6.86. The summed E-state index contributed by atoms with van der Waals surface area (Å²) in [7, 11) is 0. The van der Waals surface area contributed by atoms with E-state index in [1.54, 1.807) is 24.3 Å². The number of halogens is 1. The number of aromatic nitrogens is 2. The van der Waals surface area contributed by atoms with Crippen LogP contribution in [-0.4, -0.2) is 15.8 Å². The van der Waals surface area contributed by atoms with Crippen LogP contribution in [0.2, 0.25) is 0 Å². The van der Waals surface area contributed by atoms with Crippen LogP contribution in [0, 0.1) is 5.82 Å². The Morgan fingerprint density at radius 2 is 1.41 bits per heavy atom. The summed E-state index contributed by atoms with van der Waals surface area (Å²) >= 11 is 0. The van der Waals surface area contributed by atoms with Gasteiger partial charge in [0.2, 0.25) is 0 Å². The van der Waals surface area contributed by atoms with Crippen molar-refractivity contribution in [2.24, 2.45) is 0 Å². The van der Waals surface area contributed by atoms with Gasteiger partial charge in [-0.3, -0.25) is 4.79 Å². The number of carbonyl (C=O) groups excluding carboxylic acids is 1. The van der Waals surface area contributed by atoms with Crippen LogP contribution in [0.4, 0.5) is 4.39 Å². The van der Waals surface area contributed by atoms with Crippen LogP contribution in [0.3, 0.4) is 0 Å². The molecule has 2 aromatic carbocycles. The van der Waals surface area contributed by atoms with Crippen molar-refractivity contribution in [1.82, 2.24) is 9.97 Å². The fourth-order valence-corrected chi connectivity index (χ4v) is 2.18. The van der Waals surface area contributed by atoms with Gasteiger partial charge in [-0.15, -0.1) is 0 Å². The summed E-state index contributed by atoms with van der Waals surface area (Å²) in [6.07, 6.45) is 0. The molecule has 0 spiro atoms. The predicted octanol–water partition coefficient (Wildman–Crippen LogP) is 4.15. The Bertz CT molecular complexity index is 817. The summed E-state index contributed by atoms with van der Waals surface area (Å²) in [5, 5.41) is 0. The van der Waals surface area contributed by atoms with Crippen LogP contribution < -0.4 is 0 Å². The van der Waals surface area contributed by atoms with Crippen LogP contribution in [0.1, 0.15) is 17.4 Å². The highest BCUT2D eigenvalue weighted by Gasteiger charge is 2.19. The SMILES string of the molecule is CC(=O)c1nc(-c2ccccc2)nc(-c2ccccc2)c1F. The minimum Gasteiger partial charge on any atom is -0.293 e. The average Bonchev–Trinajstić information content (AvgIpc) is 2.56. The highest BCUT2D eigenvalue weighted by molar-refractivity contribution is 5.94. The molecule has 1 heterocycles. The molecule has 0 atom stereocenters. The molecule has 3 rings (SSSR count). The van der Waals surface area contributed by atoms with E-state index in [1.165, 1.54) is 6.92 Å². The molecule has 108 valence electrons. The summed E-state index contributed by atoms with van der Waals surface area (Å²) in [5.74, 6) is -0.765. The first-order valence-electron chi connectivity index (χ1n) is 6.86. The largest absolute Gasteiger partial charge is 0.293 e. The lowest BCUT2D eigenvalue weighted by molar-refractivity contribution is 0.100. The van der Waals surface area contributed by atoms with Gasteiger partial charge in [-0.25, -0.2) is 14.4 Å². The van der Waals surface area contributed by atoms with Gasteiger partial charge in [-0.2, -0.15) is 0 Å². The van der Waals surface area contributed by atoms with Crippen molar-refractivity contribution in [3.05, 3.63) is 72.2 Å². The van der Waals surface area contributed by atoms with Gasteiger partial charge in [0.25, 0.3) is 0 Å². The second-order valence-corrected chi connectivity index (χ2v) is 4.85. The first kappa shape index (κ1) is 14.1. The summed E-state index contributed by atoms with van der Waals surface area (Å²) in [6.45, 7) is 1.30. The van der Waals surface area contributed by atoms with E-state index in [4.69, 9.17) is 0 Å². The lowest BCUT2D eigenvalue weighted by Gasteiger charge is -2.09. The zero-order valence-electron chi connectivity index (χ0n) is 12.0. The normalized spacial score (nSPS) is 10.5. The molecule has 0 aliphatic rings. The quantitative estimate of drug-likeness (QED) is 0.681. The van der Waals surface area contributed by atoms with Crippen molar-refractivity contribution in [3.8, 4) is 22.6 Å². The van der Waals surface area contributed by atoms with Crippen molar-refractivity contribution in [1.29, 1.82) is 0 Å². The summed E-state index contributed by atoms with van der Waals surface area (Å²) in [5.41, 5.74) is 1.30. The molecule has 0 fully saturated rings. The van der Waals surface area contributed by atoms with Gasteiger partial charge >= 0.3 is 0 Å². The molecule has 0 saturated carbocycles. The number of ketones is 1. The molecule has 0 bridgehead atoms. The minimum atomic E-state index is -0.682.